The summed E-state index contributed by atoms with van der Waals surface area (Å²) in [6.07, 6.45) is 5.64. The van der Waals surface area contributed by atoms with E-state index in [9.17, 15) is 4.21 Å². The smallest absolute Gasteiger partial charge is 0.191 e. The zero-order valence-corrected chi connectivity index (χ0v) is 21.2. The summed E-state index contributed by atoms with van der Waals surface area (Å²) >= 11 is 0. The Labute approximate surface area is 204 Å². The molecule has 1 spiro atoms. The number of halogens is 1. The van der Waals surface area contributed by atoms with Crippen molar-refractivity contribution < 1.29 is 8.95 Å². The van der Waals surface area contributed by atoms with Gasteiger partial charge in [-0.2, -0.15) is 0 Å². The van der Waals surface area contributed by atoms with Gasteiger partial charge in [-0.05, 0) is 50.8 Å². The molecule has 2 N–H and O–H groups in total. The van der Waals surface area contributed by atoms with Crippen molar-refractivity contribution in [3.63, 3.8) is 0 Å². The number of nitrogens with zero attached hydrogens (tertiary/aromatic N) is 1. The largest absolute Gasteiger partial charge is 0.487 e. The predicted octanol–water partition coefficient (Wildman–Crippen LogP) is 4.80. The third kappa shape index (κ3) is 6.00. The van der Waals surface area contributed by atoms with Crippen molar-refractivity contribution in [3.8, 4) is 5.75 Å². The number of aliphatic imine (C=N–C) groups is 1. The van der Waals surface area contributed by atoms with Gasteiger partial charge < -0.3 is 15.4 Å². The Morgan fingerprint density at radius 3 is 2.58 bits per heavy atom. The molecule has 2 aromatic rings. The van der Waals surface area contributed by atoms with E-state index in [0.29, 0.717) is 12.3 Å². The third-order valence-corrected chi connectivity index (χ3v) is 7.27. The number of hydrogen-bond donors (Lipinski definition) is 2. The van der Waals surface area contributed by atoms with E-state index >= 15 is 0 Å². The molecule has 0 aromatic heterocycles. The highest BCUT2D eigenvalue weighted by Gasteiger charge is 2.43. The van der Waals surface area contributed by atoms with E-state index < -0.39 is 10.8 Å². The summed E-state index contributed by atoms with van der Waals surface area (Å²) in [5, 5.41) is 6.99. The van der Waals surface area contributed by atoms with E-state index in [0.717, 1.165) is 42.4 Å². The van der Waals surface area contributed by atoms with E-state index in [-0.39, 0.29) is 35.6 Å². The number of ether oxygens (including phenoxy) is 1. The second-order valence-electron chi connectivity index (χ2n) is 8.05. The van der Waals surface area contributed by atoms with Gasteiger partial charge in [-0.1, -0.05) is 36.4 Å². The molecule has 2 atom stereocenters. The van der Waals surface area contributed by atoms with Crippen LogP contribution in [0.25, 0.3) is 0 Å². The van der Waals surface area contributed by atoms with Crippen molar-refractivity contribution in [1.82, 2.24) is 10.6 Å². The molecule has 1 fully saturated rings. The van der Waals surface area contributed by atoms with Crippen LogP contribution in [0.1, 0.15) is 50.6 Å². The molecule has 1 saturated carbocycles. The summed E-state index contributed by atoms with van der Waals surface area (Å²) in [6.45, 7) is 3.35. The predicted molar refractivity (Wildman–Crippen MR) is 138 cm³/mol. The van der Waals surface area contributed by atoms with E-state index in [2.05, 4.69) is 35.8 Å². The number of benzene rings is 2. The van der Waals surface area contributed by atoms with Crippen molar-refractivity contribution in [2.75, 3.05) is 18.8 Å². The molecule has 2 unspecified atom stereocenters. The van der Waals surface area contributed by atoms with Gasteiger partial charge in [-0.15, -0.1) is 24.0 Å². The maximum atomic E-state index is 12.5. The number of fused-ring (bicyclic) bond motifs is 1. The van der Waals surface area contributed by atoms with Crippen LogP contribution in [0.15, 0.2) is 64.5 Å². The summed E-state index contributed by atoms with van der Waals surface area (Å²) < 4.78 is 19.0. The second-order valence-corrected chi connectivity index (χ2v) is 9.63. The minimum atomic E-state index is -1.04. The lowest BCUT2D eigenvalue weighted by Gasteiger charge is -2.40. The molecule has 2 aromatic carbocycles. The molecular formula is C24H32IN3O2S. The van der Waals surface area contributed by atoms with Gasteiger partial charge in [0.05, 0.1) is 23.4 Å². The highest BCUT2D eigenvalue weighted by molar-refractivity contribution is 14.0. The maximum Gasteiger partial charge on any atom is 0.191 e. The number of nitrogens with one attached hydrogen (secondary N) is 2. The Bertz CT molecular complexity index is 901. The Morgan fingerprint density at radius 2 is 1.84 bits per heavy atom. The van der Waals surface area contributed by atoms with Crippen molar-refractivity contribution >= 4 is 40.7 Å². The van der Waals surface area contributed by atoms with Crippen LogP contribution in [0.2, 0.25) is 0 Å². The van der Waals surface area contributed by atoms with Crippen molar-refractivity contribution in [3.05, 3.63) is 60.2 Å². The quantitative estimate of drug-likeness (QED) is 0.307. The summed E-state index contributed by atoms with van der Waals surface area (Å²) in [5.74, 6) is 2.27. The van der Waals surface area contributed by atoms with E-state index in [1.54, 1.807) is 0 Å². The zero-order chi connectivity index (χ0) is 20.8. The first-order chi connectivity index (χ1) is 14.7. The average Bonchev–Trinajstić information content (AvgIpc) is 3.21. The number of rotatable bonds is 6. The molecule has 0 amide bonds. The monoisotopic (exact) mass is 553 g/mol. The molecule has 1 aliphatic carbocycles. The fourth-order valence-electron chi connectivity index (χ4n) is 4.49. The molecule has 2 aliphatic rings. The van der Waals surface area contributed by atoms with Gasteiger partial charge in [0.15, 0.2) is 5.96 Å². The highest BCUT2D eigenvalue weighted by Crippen LogP contribution is 2.46. The van der Waals surface area contributed by atoms with Crippen molar-refractivity contribution in [1.29, 1.82) is 0 Å². The molecule has 31 heavy (non-hydrogen) atoms. The van der Waals surface area contributed by atoms with Crippen LogP contribution >= 0.6 is 24.0 Å². The van der Waals surface area contributed by atoms with Crippen LogP contribution in [0.4, 0.5) is 0 Å². The number of hydrogen-bond acceptors (Lipinski definition) is 3. The SMILES string of the molecule is CCNC(=NCCS(=O)c1ccccc1)NC1CC2(CCCC2)Oc2ccccc21.I. The van der Waals surface area contributed by atoms with Crippen molar-refractivity contribution in [2.24, 2.45) is 4.99 Å². The lowest BCUT2D eigenvalue weighted by molar-refractivity contribution is 0.0396. The Morgan fingerprint density at radius 1 is 1.13 bits per heavy atom. The van der Waals surface area contributed by atoms with Gasteiger partial charge in [0.25, 0.3) is 0 Å². The number of guanidine groups is 1. The van der Waals surface area contributed by atoms with Gasteiger partial charge >= 0.3 is 0 Å². The lowest BCUT2D eigenvalue weighted by atomic mass is 9.86. The van der Waals surface area contributed by atoms with Gasteiger partial charge in [-0.3, -0.25) is 9.20 Å². The van der Waals surface area contributed by atoms with E-state index in [1.807, 2.05) is 36.4 Å². The summed E-state index contributed by atoms with van der Waals surface area (Å²) in [5.41, 5.74) is 1.13. The zero-order valence-electron chi connectivity index (χ0n) is 18.0. The van der Waals surface area contributed by atoms with E-state index in [4.69, 9.17) is 9.73 Å². The average molecular weight is 554 g/mol. The lowest BCUT2D eigenvalue weighted by Crippen LogP contribution is -2.46. The standard InChI is InChI=1S/C24H31N3O2S.HI/c1-2-25-23(26-16-17-30(28)19-10-4-3-5-11-19)27-21-18-24(14-8-9-15-24)29-22-13-7-6-12-20(21)22;/h3-7,10-13,21H,2,8-9,14-18H2,1H3,(H2,25,26,27);1H. The van der Waals surface area contributed by atoms with Gasteiger partial charge in [-0.25, -0.2) is 0 Å². The Hall–Kier alpha value is -1.61. The van der Waals surface area contributed by atoms with Crippen molar-refractivity contribution in [2.45, 2.75) is 55.6 Å². The molecule has 1 heterocycles. The first-order valence-corrected chi connectivity index (χ1v) is 12.3. The molecule has 5 nitrogen and oxygen atoms in total. The van der Waals surface area contributed by atoms with Crippen LogP contribution < -0.4 is 15.4 Å². The summed E-state index contributed by atoms with van der Waals surface area (Å²) in [6, 6.07) is 18.1. The van der Waals surface area contributed by atoms with Gasteiger partial charge in [0.1, 0.15) is 11.4 Å². The molecule has 4 rings (SSSR count). The fraction of sp³-hybridized carbons (Fsp3) is 0.458. The minimum Gasteiger partial charge on any atom is -0.487 e. The van der Waals surface area contributed by atoms with E-state index in [1.165, 1.54) is 18.4 Å². The summed E-state index contributed by atoms with van der Waals surface area (Å²) in [4.78, 5) is 5.58. The van der Waals surface area contributed by atoms with Gasteiger partial charge in [0.2, 0.25) is 0 Å². The van der Waals surface area contributed by atoms with Gasteiger partial charge in [0, 0.05) is 29.2 Å². The topological polar surface area (TPSA) is 62.7 Å². The van der Waals surface area contributed by atoms with Crippen LogP contribution in [-0.2, 0) is 10.8 Å². The molecule has 168 valence electrons. The minimum absolute atomic E-state index is 0. The van der Waals surface area contributed by atoms with Crippen LogP contribution in [0.3, 0.4) is 0 Å². The maximum absolute atomic E-state index is 12.5. The molecular weight excluding hydrogens is 521 g/mol. The van der Waals surface area contributed by atoms with Crippen LogP contribution in [0.5, 0.6) is 5.75 Å². The molecule has 0 radical (unpaired) electrons. The Kier molecular flexibility index (Phi) is 8.77. The van der Waals surface area contributed by atoms with Crippen LogP contribution in [0, 0.1) is 0 Å². The molecule has 0 saturated heterocycles. The summed E-state index contributed by atoms with van der Waals surface area (Å²) in [7, 11) is -1.04. The fourth-order valence-corrected chi connectivity index (χ4v) is 5.44. The van der Waals surface area contributed by atoms with Crippen LogP contribution in [-0.4, -0.2) is 34.6 Å². The Balaban J connectivity index is 0.00000272. The molecule has 7 heteroatoms. The molecule has 0 bridgehead atoms. The number of para-hydroxylation sites is 1. The first kappa shape index (κ1) is 24.0. The third-order valence-electron chi connectivity index (χ3n) is 5.92. The second kappa shape index (κ2) is 11.3. The normalized spacial score (nSPS) is 20.3. The highest BCUT2D eigenvalue weighted by atomic mass is 127. The first-order valence-electron chi connectivity index (χ1n) is 11.0. The molecule has 1 aliphatic heterocycles.